The highest BCUT2D eigenvalue weighted by atomic mass is 32.1. The van der Waals surface area contributed by atoms with E-state index in [4.69, 9.17) is 9.47 Å². The van der Waals surface area contributed by atoms with Gasteiger partial charge in [0.25, 0.3) is 5.91 Å². The molecule has 1 aromatic carbocycles. The topological polar surface area (TPSA) is 76.1 Å². The molecule has 0 aliphatic carbocycles. The molecule has 2 heterocycles. The van der Waals surface area contributed by atoms with Gasteiger partial charge in [0, 0.05) is 12.6 Å². The smallest absolute Gasteiger partial charge is 0.289 e. The number of amides is 1. The predicted molar refractivity (Wildman–Crippen MR) is 93.4 cm³/mol. The number of thiophene rings is 1. The molecule has 1 unspecified atom stereocenters. The van der Waals surface area contributed by atoms with Crippen LogP contribution in [0.1, 0.15) is 21.3 Å². The van der Waals surface area contributed by atoms with Crippen LogP contribution in [0.25, 0.3) is 0 Å². The van der Waals surface area contributed by atoms with Gasteiger partial charge in [-0.1, -0.05) is 6.07 Å². The van der Waals surface area contributed by atoms with Crippen molar-refractivity contribution in [2.45, 2.75) is 6.04 Å². The average Bonchev–Trinajstić information content (AvgIpc) is 3.24. The zero-order valence-corrected chi connectivity index (χ0v) is 14.8. The van der Waals surface area contributed by atoms with Gasteiger partial charge < -0.3 is 19.5 Å². The molecule has 25 heavy (non-hydrogen) atoms. The van der Waals surface area contributed by atoms with Crippen molar-refractivity contribution in [3.8, 4) is 11.5 Å². The number of carbonyl (C=O) groups excluding carboxylic acids is 2. The van der Waals surface area contributed by atoms with E-state index in [9.17, 15) is 14.7 Å². The standard InChI is InChI=1S/C18H17NO5S/c1-19-15(11-9-10(23-2)6-7-12(11)24-3)14(17(21)18(19)22)16(20)13-5-4-8-25-13/h4-9,15,21H,1-3H3. The van der Waals surface area contributed by atoms with Crippen LogP contribution >= 0.6 is 11.3 Å². The van der Waals surface area contributed by atoms with Gasteiger partial charge in [0.05, 0.1) is 30.7 Å². The molecule has 0 bridgehead atoms. The minimum Gasteiger partial charge on any atom is -0.503 e. The minimum absolute atomic E-state index is 0.0431. The summed E-state index contributed by atoms with van der Waals surface area (Å²) in [5.74, 6) is -0.451. The zero-order chi connectivity index (χ0) is 18.1. The number of ether oxygens (including phenoxy) is 2. The number of benzene rings is 1. The zero-order valence-electron chi connectivity index (χ0n) is 14.0. The van der Waals surface area contributed by atoms with Crippen molar-refractivity contribution in [3.63, 3.8) is 0 Å². The predicted octanol–water partition coefficient (Wildman–Crippen LogP) is 2.97. The Morgan fingerprint density at radius 2 is 2.00 bits per heavy atom. The molecule has 0 saturated heterocycles. The average molecular weight is 359 g/mol. The van der Waals surface area contributed by atoms with Crippen LogP contribution in [-0.4, -0.2) is 43.0 Å². The Morgan fingerprint density at radius 3 is 2.60 bits per heavy atom. The number of methoxy groups -OCH3 is 2. The van der Waals surface area contributed by atoms with E-state index in [1.165, 1.54) is 37.5 Å². The molecule has 1 N–H and O–H groups in total. The third-order valence-corrected chi connectivity index (χ3v) is 5.03. The Balaban J connectivity index is 2.16. The van der Waals surface area contributed by atoms with Crippen LogP contribution < -0.4 is 9.47 Å². The largest absolute Gasteiger partial charge is 0.503 e. The third kappa shape index (κ3) is 2.76. The molecule has 0 radical (unpaired) electrons. The first kappa shape index (κ1) is 17.0. The van der Waals surface area contributed by atoms with Crippen LogP contribution in [0.15, 0.2) is 47.0 Å². The lowest BCUT2D eigenvalue weighted by Crippen LogP contribution is -2.27. The first-order valence-corrected chi connectivity index (χ1v) is 8.38. The van der Waals surface area contributed by atoms with E-state index in [2.05, 4.69) is 0 Å². The van der Waals surface area contributed by atoms with Crippen molar-refractivity contribution >= 4 is 23.0 Å². The monoisotopic (exact) mass is 359 g/mol. The summed E-state index contributed by atoms with van der Waals surface area (Å²) in [6, 6.07) is 7.78. The number of Topliss-reactive ketones (excluding diaryl/α,β-unsaturated/α-hetero) is 1. The number of ketones is 1. The van der Waals surface area contributed by atoms with E-state index >= 15 is 0 Å². The molecule has 7 heteroatoms. The van der Waals surface area contributed by atoms with Gasteiger partial charge in [-0.2, -0.15) is 0 Å². The molecule has 1 aliphatic heterocycles. The Labute approximate surface area is 148 Å². The van der Waals surface area contributed by atoms with E-state index in [0.29, 0.717) is 21.9 Å². The Hall–Kier alpha value is -2.80. The van der Waals surface area contributed by atoms with E-state index < -0.39 is 17.7 Å². The van der Waals surface area contributed by atoms with Crippen LogP contribution in [-0.2, 0) is 4.79 Å². The third-order valence-electron chi connectivity index (χ3n) is 4.16. The van der Waals surface area contributed by atoms with E-state index in [1.54, 1.807) is 35.7 Å². The molecule has 0 fully saturated rings. The van der Waals surface area contributed by atoms with Crippen molar-refractivity contribution in [3.05, 3.63) is 57.5 Å². The van der Waals surface area contributed by atoms with E-state index in [0.717, 1.165) is 0 Å². The molecule has 1 amide bonds. The molecule has 6 nitrogen and oxygen atoms in total. The molecule has 1 atom stereocenters. The highest BCUT2D eigenvalue weighted by Gasteiger charge is 2.43. The van der Waals surface area contributed by atoms with Crippen molar-refractivity contribution in [1.29, 1.82) is 0 Å². The van der Waals surface area contributed by atoms with Gasteiger partial charge >= 0.3 is 0 Å². The Kier molecular flexibility index (Phi) is 4.50. The SMILES string of the molecule is COc1ccc(OC)c(C2C(C(=O)c3cccs3)=C(O)C(=O)N2C)c1. The maximum Gasteiger partial charge on any atom is 0.289 e. The summed E-state index contributed by atoms with van der Waals surface area (Å²) in [5, 5.41) is 12.1. The van der Waals surface area contributed by atoms with Gasteiger partial charge in [0.1, 0.15) is 11.5 Å². The number of aliphatic hydroxyl groups is 1. The fourth-order valence-electron chi connectivity index (χ4n) is 2.91. The minimum atomic E-state index is -0.757. The maximum atomic E-state index is 12.9. The van der Waals surface area contributed by atoms with Gasteiger partial charge in [-0.3, -0.25) is 9.59 Å². The summed E-state index contributed by atoms with van der Waals surface area (Å²) in [6.45, 7) is 0. The summed E-state index contributed by atoms with van der Waals surface area (Å²) in [5.41, 5.74) is 0.614. The van der Waals surface area contributed by atoms with Crippen molar-refractivity contribution < 1.29 is 24.2 Å². The van der Waals surface area contributed by atoms with Gasteiger partial charge in [-0.15, -0.1) is 11.3 Å². The molecule has 0 saturated carbocycles. The lowest BCUT2D eigenvalue weighted by molar-refractivity contribution is -0.128. The Morgan fingerprint density at radius 1 is 1.24 bits per heavy atom. The van der Waals surface area contributed by atoms with E-state index in [-0.39, 0.29) is 11.4 Å². The van der Waals surface area contributed by atoms with Gasteiger partial charge in [0.15, 0.2) is 5.76 Å². The number of aliphatic hydroxyl groups excluding tert-OH is 1. The number of hydrogen-bond acceptors (Lipinski definition) is 6. The summed E-state index contributed by atoms with van der Waals surface area (Å²) in [4.78, 5) is 27.0. The molecule has 2 aromatic rings. The first-order chi connectivity index (χ1) is 12.0. The number of nitrogens with zero attached hydrogens (tertiary/aromatic N) is 1. The van der Waals surface area contributed by atoms with Crippen LogP contribution in [0.4, 0.5) is 0 Å². The highest BCUT2D eigenvalue weighted by molar-refractivity contribution is 7.12. The molecule has 130 valence electrons. The van der Waals surface area contributed by atoms with Crippen LogP contribution in [0, 0.1) is 0 Å². The van der Waals surface area contributed by atoms with Crippen LogP contribution in [0.2, 0.25) is 0 Å². The lowest BCUT2D eigenvalue weighted by atomic mass is 9.94. The molecule has 0 spiro atoms. The maximum absolute atomic E-state index is 12.9. The quantitative estimate of drug-likeness (QED) is 0.831. The fraction of sp³-hybridized carbons (Fsp3) is 0.222. The van der Waals surface area contributed by atoms with E-state index in [1.807, 2.05) is 0 Å². The second kappa shape index (κ2) is 6.60. The normalized spacial score (nSPS) is 17.2. The summed E-state index contributed by atoms with van der Waals surface area (Å²) in [7, 11) is 4.57. The molecule has 1 aromatic heterocycles. The summed E-state index contributed by atoms with van der Waals surface area (Å²) < 4.78 is 10.6. The van der Waals surface area contributed by atoms with Crippen LogP contribution in [0.3, 0.4) is 0 Å². The van der Waals surface area contributed by atoms with Gasteiger partial charge in [-0.05, 0) is 29.6 Å². The Bertz CT molecular complexity index is 856. The number of hydrogen-bond donors (Lipinski definition) is 1. The molecular formula is C18H17NO5S. The molecule has 1 aliphatic rings. The first-order valence-electron chi connectivity index (χ1n) is 7.50. The summed E-state index contributed by atoms with van der Waals surface area (Å²) in [6.07, 6.45) is 0. The second-order valence-electron chi connectivity index (χ2n) is 5.50. The van der Waals surface area contributed by atoms with Gasteiger partial charge in [0.2, 0.25) is 5.78 Å². The molecule has 3 rings (SSSR count). The second-order valence-corrected chi connectivity index (χ2v) is 6.44. The highest BCUT2D eigenvalue weighted by Crippen LogP contribution is 2.42. The number of likely N-dealkylation sites (N-methyl/N-ethyl adjacent to an activating group) is 1. The molecular weight excluding hydrogens is 342 g/mol. The van der Waals surface area contributed by atoms with Crippen molar-refractivity contribution in [2.24, 2.45) is 0 Å². The van der Waals surface area contributed by atoms with Crippen LogP contribution in [0.5, 0.6) is 11.5 Å². The number of rotatable bonds is 5. The lowest BCUT2D eigenvalue weighted by Gasteiger charge is -2.24. The summed E-state index contributed by atoms with van der Waals surface area (Å²) >= 11 is 1.26. The number of carbonyl (C=O) groups is 2. The van der Waals surface area contributed by atoms with Crippen molar-refractivity contribution in [1.82, 2.24) is 4.90 Å². The van der Waals surface area contributed by atoms with Crippen molar-refractivity contribution in [2.75, 3.05) is 21.3 Å². The fourth-order valence-corrected chi connectivity index (χ4v) is 3.59. The van der Waals surface area contributed by atoms with Gasteiger partial charge in [-0.25, -0.2) is 0 Å².